The highest BCUT2D eigenvalue weighted by molar-refractivity contribution is 7.99. The largest absolute Gasteiger partial charge is 0.392 e. The Hall–Kier alpha value is 0.310. The minimum atomic E-state index is -0.0469. The Morgan fingerprint density at radius 2 is 1.93 bits per heavy atom. The van der Waals surface area contributed by atoms with Crippen molar-refractivity contribution in [3.63, 3.8) is 0 Å². The minimum Gasteiger partial charge on any atom is -0.392 e. The molecule has 14 heavy (non-hydrogen) atoms. The first-order valence-corrected chi connectivity index (χ1v) is 7.08. The lowest BCUT2D eigenvalue weighted by atomic mass is 9.86. The first kappa shape index (κ1) is 12.4. The summed E-state index contributed by atoms with van der Waals surface area (Å²) in [6.07, 6.45) is 7.70. The van der Waals surface area contributed by atoms with Gasteiger partial charge in [0, 0.05) is 11.0 Å². The van der Waals surface area contributed by atoms with Crippen molar-refractivity contribution in [3.05, 3.63) is 0 Å². The second-order valence-corrected chi connectivity index (χ2v) is 5.99. The first-order valence-electron chi connectivity index (χ1n) is 6.03. The van der Waals surface area contributed by atoms with E-state index in [9.17, 15) is 5.11 Å². The standard InChI is InChI=1S/C12H24OS/c1-3-10(2)14-9-12(13)11-7-5-4-6-8-11/h10-13H,3-9H2,1-2H3. The molecule has 1 nitrogen and oxygen atoms in total. The van der Waals surface area contributed by atoms with Crippen molar-refractivity contribution in [2.45, 2.75) is 63.7 Å². The van der Waals surface area contributed by atoms with Crippen LogP contribution < -0.4 is 0 Å². The van der Waals surface area contributed by atoms with Gasteiger partial charge >= 0.3 is 0 Å². The topological polar surface area (TPSA) is 20.2 Å². The molecule has 0 aromatic carbocycles. The molecule has 1 aliphatic carbocycles. The van der Waals surface area contributed by atoms with Crippen LogP contribution in [0.15, 0.2) is 0 Å². The van der Waals surface area contributed by atoms with Crippen LogP contribution in [0.1, 0.15) is 52.4 Å². The van der Waals surface area contributed by atoms with E-state index in [1.807, 2.05) is 11.8 Å². The van der Waals surface area contributed by atoms with Crippen molar-refractivity contribution >= 4 is 11.8 Å². The summed E-state index contributed by atoms with van der Waals surface area (Å²) in [5, 5.41) is 10.7. The average molecular weight is 216 g/mol. The van der Waals surface area contributed by atoms with Crippen molar-refractivity contribution < 1.29 is 5.11 Å². The summed E-state index contributed by atoms with van der Waals surface area (Å²) in [5.41, 5.74) is 0. The van der Waals surface area contributed by atoms with Crippen molar-refractivity contribution in [3.8, 4) is 0 Å². The van der Waals surface area contributed by atoms with Crippen LogP contribution in [0, 0.1) is 5.92 Å². The normalized spacial score (nSPS) is 23.4. The van der Waals surface area contributed by atoms with Gasteiger partial charge in [-0.2, -0.15) is 11.8 Å². The van der Waals surface area contributed by atoms with E-state index in [-0.39, 0.29) is 6.10 Å². The van der Waals surface area contributed by atoms with Gasteiger partial charge in [-0.25, -0.2) is 0 Å². The Kier molecular flexibility index (Phi) is 5.95. The molecular weight excluding hydrogens is 192 g/mol. The maximum absolute atomic E-state index is 10.00. The molecule has 2 atom stereocenters. The molecule has 1 fully saturated rings. The van der Waals surface area contributed by atoms with E-state index in [0.717, 1.165) is 5.75 Å². The Morgan fingerprint density at radius 3 is 2.50 bits per heavy atom. The van der Waals surface area contributed by atoms with Crippen LogP contribution in [-0.2, 0) is 0 Å². The van der Waals surface area contributed by atoms with Gasteiger partial charge in [0.25, 0.3) is 0 Å². The minimum absolute atomic E-state index is 0.0469. The monoisotopic (exact) mass is 216 g/mol. The van der Waals surface area contributed by atoms with E-state index in [2.05, 4.69) is 13.8 Å². The lowest BCUT2D eigenvalue weighted by molar-refractivity contribution is 0.105. The molecule has 1 rings (SSSR count). The Bertz CT molecular complexity index is 143. The van der Waals surface area contributed by atoms with E-state index in [0.29, 0.717) is 11.2 Å². The van der Waals surface area contributed by atoms with Gasteiger partial charge in [-0.05, 0) is 25.2 Å². The van der Waals surface area contributed by atoms with Crippen LogP contribution in [0.4, 0.5) is 0 Å². The fourth-order valence-corrected chi connectivity index (χ4v) is 3.07. The molecule has 1 N–H and O–H groups in total. The maximum Gasteiger partial charge on any atom is 0.0658 e. The van der Waals surface area contributed by atoms with Crippen LogP contribution in [0.3, 0.4) is 0 Å². The van der Waals surface area contributed by atoms with Gasteiger partial charge in [-0.1, -0.05) is 33.1 Å². The molecule has 0 spiro atoms. The molecule has 0 amide bonds. The highest BCUT2D eigenvalue weighted by Gasteiger charge is 2.21. The summed E-state index contributed by atoms with van der Waals surface area (Å²) >= 11 is 1.93. The van der Waals surface area contributed by atoms with Crippen LogP contribution in [0.25, 0.3) is 0 Å². The Labute approximate surface area is 92.7 Å². The molecule has 0 saturated heterocycles. The van der Waals surface area contributed by atoms with Crippen molar-refractivity contribution in [2.75, 3.05) is 5.75 Å². The predicted molar refractivity (Wildman–Crippen MR) is 64.8 cm³/mol. The molecular formula is C12H24OS. The Balaban J connectivity index is 2.16. The summed E-state index contributed by atoms with van der Waals surface area (Å²) in [5.74, 6) is 1.54. The molecule has 0 aromatic rings. The Morgan fingerprint density at radius 1 is 1.29 bits per heavy atom. The molecule has 0 bridgehead atoms. The molecule has 2 heteroatoms. The average Bonchev–Trinajstić information content (AvgIpc) is 2.26. The third-order valence-corrected chi connectivity index (χ3v) is 4.76. The van der Waals surface area contributed by atoms with Crippen LogP contribution in [0.5, 0.6) is 0 Å². The zero-order chi connectivity index (χ0) is 10.4. The van der Waals surface area contributed by atoms with Crippen LogP contribution in [-0.4, -0.2) is 22.2 Å². The number of rotatable bonds is 5. The van der Waals surface area contributed by atoms with Gasteiger partial charge in [-0.3, -0.25) is 0 Å². The summed E-state index contributed by atoms with van der Waals surface area (Å²) in [7, 11) is 0. The highest BCUT2D eigenvalue weighted by atomic mass is 32.2. The fraction of sp³-hybridized carbons (Fsp3) is 1.00. The number of hydrogen-bond acceptors (Lipinski definition) is 2. The lowest BCUT2D eigenvalue weighted by Crippen LogP contribution is -2.25. The zero-order valence-electron chi connectivity index (χ0n) is 9.54. The van der Waals surface area contributed by atoms with Gasteiger partial charge in [0.2, 0.25) is 0 Å². The number of aliphatic hydroxyl groups is 1. The molecule has 0 radical (unpaired) electrons. The third kappa shape index (κ3) is 4.22. The molecule has 84 valence electrons. The summed E-state index contributed by atoms with van der Waals surface area (Å²) in [6, 6.07) is 0. The lowest BCUT2D eigenvalue weighted by Gasteiger charge is -2.26. The first-order chi connectivity index (χ1) is 6.74. The number of thioether (sulfide) groups is 1. The summed E-state index contributed by atoms with van der Waals surface area (Å²) in [6.45, 7) is 4.46. The van der Waals surface area contributed by atoms with E-state index in [1.54, 1.807) is 0 Å². The summed E-state index contributed by atoms with van der Waals surface area (Å²) in [4.78, 5) is 0. The fourth-order valence-electron chi connectivity index (χ4n) is 2.04. The van der Waals surface area contributed by atoms with E-state index in [1.165, 1.54) is 38.5 Å². The van der Waals surface area contributed by atoms with Crippen LogP contribution in [0.2, 0.25) is 0 Å². The SMILES string of the molecule is CCC(C)SCC(O)C1CCCCC1. The molecule has 1 saturated carbocycles. The van der Waals surface area contributed by atoms with Gasteiger partial charge in [0.1, 0.15) is 0 Å². The number of aliphatic hydroxyl groups excluding tert-OH is 1. The number of hydrogen-bond donors (Lipinski definition) is 1. The second-order valence-electron chi connectivity index (χ2n) is 4.52. The van der Waals surface area contributed by atoms with Crippen molar-refractivity contribution in [1.29, 1.82) is 0 Å². The van der Waals surface area contributed by atoms with Gasteiger partial charge in [0.05, 0.1) is 6.10 Å². The van der Waals surface area contributed by atoms with Gasteiger partial charge in [0.15, 0.2) is 0 Å². The molecule has 0 aliphatic heterocycles. The maximum atomic E-state index is 10.00. The van der Waals surface area contributed by atoms with E-state index in [4.69, 9.17) is 0 Å². The van der Waals surface area contributed by atoms with E-state index >= 15 is 0 Å². The third-order valence-electron chi connectivity index (χ3n) is 3.32. The highest BCUT2D eigenvalue weighted by Crippen LogP contribution is 2.28. The predicted octanol–water partition coefficient (Wildman–Crippen LogP) is 3.46. The van der Waals surface area contributed by atoms with Gasteiger partial charge in [-0.15, -0.1) is 0 Å². The van der Waals surface area contributed by atoms with E-state index < -0.39 is 0 Å². The molecule has 1 aliphatic rings. The molecule has 2 unspecified atom stereocenters. The molecule has 0 aromatic heterocycles. The zero-order valence-corrected chi connectivity index (χ0v) is 10.4. The second kappa shape index (κ2) is 6.73. The van der Waals surface area contributed by atoms with Crippen molar-refractivity contribution in [1.82, 2.24) is 0 Å². The van der Waals surface area contributed by atoms with Crippen molar-refractivity contribution in [2.24, 2.45) is 5.92 Å². The molecule has 0 heterocycles. The summed E-state index contributed by atoms with van der Waals surface area (Å²) < 4.78 is 0. The smallest absolute Gasteiger partial charge is 0.0658 e. The van der Waals surface area contributed by atoms with Crippen LogP contribution >= 0.6 is 11.8 Å². The quantitative estimate of drug-likeness (QED) is 0.759. The van der Waals surface area contributed by atoms with Gasteiger partial charge < -0.3 is 5.11 Å².